The smallest absolute Gasteiger partial charge is 0.0594 e. The molecule has 0 aromatic carbocycles. The van der Waals surface area contributed by atoms with Crippen LogP contribution in [0.4, 0.5) is 0 Å². The van der Waals surface area contributed by atoms with E-state index < -0.39 is 0 Å². The first kappa shape index (κ1) is 13.6. The molecule has 4 heteroatoms. The third kappa shape index (κ3) is 3.56. The van der Waals surface area contributed by atoms with Gasteiger partial charge in [0.25, 0.3) is 0 Å². The monoisotopic (exact) mass is 251 g/mol. The molecule has 1 fully saturated rings. The van der Waals surface area contributed by atoms with E-state index in [0.29, 0.717) is 12.1 Å². The number of aromatic nitrogens is 2. The van der Waals surface area contributed by atoms with Crippen molar-refractivity contribution in [3.8, 4) is 0 Å². The minimum Gasteiger partial charge on any atom is -0.378 e. The van der Waals surface area contributed by atoms with Crippen LogP contribution in [0.1, 0.15) is 51.1 Å². The Balaban J connectivity index is 1.98. The summed E-state index contributed by atoms with van der Waals surface area (Å²) in [7, 11) is 0. The van der Waals surface area contributed by atoms with Crippen LogP contribution in [0.2, 0.25) is 0 Å². The van der Waals surface area contributed by atoms with Crippen LogP contribution < -0.4 is 5.32 Å². The minimum absolute atomic E-state index is 0.383. The maximum atomic E-state index is 5.75. The first-order valence-corrected chi connectivity index (χ1v) is 7.20. The Labute approximate surface area is 110 Å². The van der Waals surface area contributed by atoms with E-state index in [-0.39, 0.29) is 0 Å². The van der Waals surface area contributed by atoms with Crippen molar-refractivity contribution < 1.29 is 4.74 Å². The van der Waals surface area contributed by atoms with Crippen molar-refractivity contribution in [1.29, 1.82) is 0 Å². The summed E-state index contributed by atoms with van der Waals surface area (Å²) < 4.78 is 7.74. The predicted octanol–water partition coefficient (Wildman–Crippen LogP) is 2.51. The van der Waals surface area contributed by atoms with Gasteiger partial charge in [-0.05, 0) is 39.2 Å². The zero-order chi connectivity index (χ0) is 12.8. The average Bonchev–Trinajstić information content (AvgIpc) is 3.05. The molecule has 1 saturated heterocycles. The van der Waals surface area contributed by atoms with E-state index in [1.165, 1.54) is 18.4 Å². The van der Waals surface area contributed by atoms with E-state index in [1.807, 2.05) is 10.9 Å². The number of hydrogen-bond donors (Lipinski definition) is 1. The van der Waals surface area contributed by atoms with Gasteiger partial charge in [0, 0.05) is 31.0 Å². The van der Waals surface area contributed by atoms with E-state index in [1.54, 1.807) is 0 Å². The van der Waals surface area contributed by atoms with Crippen molar-refractivity contribution >= 4 is 0 Å². The zero-order valence-electron chi connectivity index (χ0n) is 11.6. The van der Waals surface area contributed by atoms with Crippen LogP contribution >= 0.6 is 0 Å². The number of aryl methyl sites for hydroxylation is 1. The normalized spacial score (nSPS) is 21.3. The molecule has 2 heterocycles. The molecule has 18 heavy (non-hydrogen) atoms. The van der Waals surface area contributed by atoms with E-state index in [4.69, 9.17) is 4.74 Å². The van der Waals surface area contributed by atoms with E-state index in [0.717, 1.165) is 32.5 Å². The van der Waals surface area contributed by atoms with Crippen molar-refractivity contribution in [2.24, 2.45) is 0 Å². The molecule has 2 rings (SSSR count). The maximum Gasteiger partial charge on any atom is 0.0594 e. The van der Waals surface area contributed by atoms with E-state index in [2.05, 4.69) is 30.5 Å². The number of nitrogens with one attached hydrogen (secondary N) is 1. The summed E-state index contributed by atoms with van der Waals surface area (Å²) in [6, 6.07) is 0.383. The van der Waals surface area contributed by atoms with Crippen LogP contribution in [0.5, 0.6) is 0 Å². The molecule has 1 aliphatic rings. The molecule has 0 amide bonds. The molecular formula is C14H25N3O. The molecule has 1 aliphatic heterocycles. The lowest BCUT2D eigenvalue weighted by Gasteiger charge is -2.20. The molecule has 0 saturated carbocycles. The lowest BCUT2D eigenvalue weighted by molar-refractivity contribution is 0.0945. The topological polar surface area (TPSA) is 39.1 Å². The SMILES string of the molecule is CCCNC(CC1CCCO1)c1cnn(CC)c1. The maximum absolute atomic E-state index is 5.75. The molecule has 2 unspecified atom stereocenters. The van der Waals surface area contributed by atoms with Crippen molar-refractivity contribution in [2.75, 3.05) is 13.2 Å². The zero-order valence-corrected chi connectivity index (χ0v) is 11.6. The molecule has 0 aliphatic carbocycles. The standard InChI is InChI=1S/C14H25N3O/c1-3-7-15-14(9-13-6-5-8-18-13)12-10-16-17(4-2)11-12/h10-11,13-15H,3-9H2,1-2H3. The minimum atomic E-state index is 0.383. The molecule has 4 nitrogen and oxygen atoms in total. The van der Waals surface area contributed by atoms with Crippen LogP contribution in [0.3, 0.4) is 0 Å². The third-order valence-electron chi connectivity index (χ3n) is 3.54. The number of nitrogens with zero attached hydrogens (tertiary/aromatic N) is 2. The van der Waals surface area contributed by atoms with Gasteiger partial charge in [0.15, 0.2) is 0 Å². The van der Waals surface area contributed by atoms with E-state index in [9.17, 15) is 0 Å². The summed E-state index contributed by atoms with van der Waals surface area (Å²) in [5.74, 6) is 0. The lowest BCUT2D eigenvalue weighted by atomic mass is 10.0. The van der Waals surface area contributed by atoms with Gasteiger partial charge >= 0.3 is 0 Å². The number of ether oxygens (including phenoxy) is 1. The van der Waals surface area contributed by atoms with Gasteiger partial charge in [-0.25, -0.2) is 0 Å². The van der Waals surface area contributed by atoms with Crippen molar-refractivity contribution in [3.05, 3.63) is 18.0 Å². The molecule has 1 N–H and O–H groups in total. The average molecular weight is 251 g/mol. The van der Waals surface area contributed by atoms with Gasteiger partial charge < -0.3 is 10.1 Å². The Morgan fingerprint density at radius 2 is 2.44 bits per heavy atom. The molecule has 102 valence electrons. The molecule has 1 aromatic rings. The number of hydrogen-bond acceptors (Lipinski definition) is 3. The predicted molar refractivity (Wildman–Crippen MR) is 72.5 cm³/mol. The van der Waals surface area contributed by atoms with Crippen LogP contribution in [0, 0.1) is 0 Å². The molecule has 2 atom stereocenters. The first-order valence-electron chi connectivity index (χ1n) is 7.20. The Kier molecular flexibility index (Phi) is 5.20. The van der Waals surface area contributed by atoms with Gasteiger partial charge in [-0.15, -0.1) is 0 Å². The largest absolute Gasteiger partial charge is 0.378 e. The highest BCUT2D eigenvalue weighted by molar-refractivity contribution is 5.11. The molecule has 1 aromatic heterocycles. The Hall–Kier alpha value is -0.870. The third-order valence-corrected chi connectivity index (χ3v) is 3.54. The summed E-state index contributed by atoms with van der Waals surface area (Å²) >= 11 is 0. The molecule has 0 radical (unpaired) electrons. The van der Waals surface area contributed by atoms with Gasteiger partial charge in [0.2, 0.25) is 0 Å². The highest BCUT2D eigenvalue weighted by Crippen LogP contribution is 2.25. The van der Waals surface area contributed by atoms with Gasteiger partial charge in [0.1, 0.15) is 0 Å². The van der Waals surface area contributed by atoms with E-state index >= 15 is 0 Å². The summed E-state index contributed by atoms with van der Waals surface area (Å²) in [5, 5.41) is 7.99. The van der Waals surface area contributed by atoms with Crippen LogP contribution in [-0.2, 0) is 11.3 Å². The van der Waals surface area contributed by atoms with Gasteiger partial charge in [-0.1, -0.05) is 6.92 Å². The second-order valence-electron chi connectivity index (χ2n) is 5.01. The fraction of sp³-hybridized carbons (Fsp3) is 0.786. The van der Waals surface area contributed by atoms with Crippen LogP contribution in [0.15, 0.2) is 12.4 Å². The van der Waals surface area contributed by atoms with Crippen molar-refractivity contribution in [3.63, 3.8) is 0 Å². The summed E-state index contributed by atoms with van der Waals surface area (Å²) in [6.07, 6.45) is 9.20. The quantitative estimate of drug-likeness (QED) is 0.809. The fourth-order valence-corrected chi connectivity index (χ4v) is 2.48. The summed E-state index contributed by atoms with van der Waals surface area (Å²) in [4.78, 5) is 0. The second kappa shape index (κ2) is 6.90. The lowest BCUT2D eigenvalue weighted by Crippen LogP contribution is -2.25. The molecule has 0 spiro atoms. The summed E-state index contributed by atoms with van der Waals surface area (Å²) in [5.41, 5.74) is 1.29. The van der Waals surface area contributed by atoms with Crippen molar-refractivity contribution in [2.45, 2.75) is 58.2 Å². The highest BCUT2D eigenvalue weighted by atomic mass is 16.5. The van der Waals surface area contributed by atoms with Crippen LogP contribution in [-0.4, -0.2) is 29.0 Å². The summed E-state index contributed by atoms with van der Waals surface area (Å²) in [6.45, 7) is 7.23. The van der Waals surface area contributed by atoms with Gasteiger partial charge in [-0.3, -0.25) is 4.68 Å². The number of rotatable bonds is 7. The van der Waals surface area contributed by atoms with Crippen LogP contribution in [0.25, 0.3) is 0 Å². The van der Waals surface area contributed by atoms with Gasteiger partial charge in [-0.2, -0.15) is 5.10 Å². The molecular weight excluding hydrogens is 226 g/mol. The first-order chi connectivity index (χ1) is 8.83. The van der Waals surface area contributed by atoms with Crippen molar-refractivity contribution in [1.82, 2.24) is 15.1 Å². The Bertz CT molecular complexity index is 345. The highest BCUT2D eigenvalue weighted by Gasteiger charge is 2.22. The molecule has 0 bridgehead atoms. The Morgan fingerprint density at radius 1 is 1.56 bits per heavy atom. The fourth-order valence-electron chi connectivity index (χ4n) is 2.48. The Morgan fingerprint density at radius 3 is 3.06 bits per heavy atom. The second-order valence-corrected chi connectivity index (χ2v) is 5.01. The van der Waals surface area contributed by atoms with Gasteiger partial charge in [0.05, 0.1) is 12.3 Å².